The van der Waals surface area contributed by atoms with Gasteiger partial charge in [0.05, 0.1) is 13.7 Å². The summed E-state index contributed by atoms with van der Waals surface area (Å²) in [6.45, 7) is 0.0825. The Kier molecular flexibility index (Phi) is 4.09. The van der Waals surface area contributed by atoms with Crippen molar-refractivity contribution in [2.45, 2.75) is 31.5 Å². The van der Waals surface area contributed by atoms with Crippen molar-refractivity contribution in [1.29, 1.82) is 0 Å². The number of H-pyrrole nitrogens is 1. The Morgan fingerprint density at radius 2 is 2.03 bits per heavy atom. The molecule has 0 unspecified atom stereocenters. The molecule has 2 amide bonds. The molecule has 0 aliphatic carbocycles. The van der Waals surface area contributed by atoms with Crippen LogP contribution in [0.2, 0.25) is 0 Å². The summed E-state index contributed by atoms with van der Waals surface area (Å²) in [5, 5.41) is 24.5. The molecule has 1 saturated heterocycles. The first-order valence-corrected chi connectivity index (χ1v) is 9.74. The van der Waals surface area contributed by atoms with Crippen molar-refractivity contribution in [3.05, 3.63) is 53.2 Å². The van der Waals surface area contributed by atoms with E-state index in [9.17, 15) is 19.8 Å². The monoisotopic (exact) mass is 407 g/mol. The molecule has 5 rings (SSSR count). The van der Waals surface area contributed by atoms with Gasteiger partial charge in [-0.05, 0) is 23.3 Å². The molecule has 154 valence electrons. The highest BCUT2D eigenvalue weighted by Crippen LogP contribution is 2.43. The summed E-state index contributed by atoms with van der Waals surface area (Å²) >= 11 is 0. The van der Waals surface area contributed by atoms with Crippen LogP contribution in [0.3, 0.4) is 0 Å². The van der Waals surface area contributed by atoms with Crippen molar-refractivity contribution in [2.24, 2.45) is 0 Å². The van der Waals surface area contributed by atoms with Crippen LogP contribution in [0.1, 0.15) is 16.7 Å². The van der Waals surface area contributed by atoms with Crippen LogP contribution in [-0.2, 0) is 29.0 Å². The van der Waals surface area contributed by atoms with E-state index in [1.807, 2.05) is 30.5 Å². The number of hydrogen-bond donors (Lipinski definition) is 4. The third kappa shape index (κ3) is 2.67. The SMILES string of the molecule is COc1c(O)cc2c(c1O)CN1C(=O)[C@H](Cc3c[nH]c4ccccc34)NC(=O)[C@@H]1C2. The number of piperazine rings is 1. The molecule has 2 aliphatic rings. The van der Waals surface area contributed by atoms with E-state index in [0.29, 0.717) is 17.5 Å². The molecule has 4 N–H and O–H groups in total. The maximum atomic E-state index is 13.2. The van der Waals surface area contributed by atoms with Crippen LogP contribution >= 0.6 is 0 Å². The first-order chi connectivity index (χ1) is 14.5. The van der Waals surface area contributed by atoms with Gasteiger partial charge in [-0.25, -0.2) is 0 Å². The zero-order valence-corrected chi connectivity index (χ0v) is 16.3. The molecule has 1 fully saturated rings. The van der Waals surface area contributed by atoms with Crippen LogP contribution in [0.25, 0.3) is 10.9 Å². The largest absolute Gasteiger partial charge is 0.504 e. The Morgan fingerprint density at radius 1 is 1.23 bits per heavy atom. The Labute approximate surface area is 172 Å². The minimum atomic E-state index is -0.685. The number of para-hydroxylation sites is 1. The topological polar surface area (TPSA) is 115 Å². The van der Waals surface area contributed by atoms with Gasteiger partial charge in [0.2, 0.25) is 17.6 Å². The van der Waals surface area contributed by atoms with E-state index in [1.54, 1.807) is 0 Å². The molecule has 3 heterocycles. The standard InChI is InChI=1S/C22H21N3O5/c1-30-20-18(26)8-11-7-17-21(28)24-16(22(29)25(17)10-14(11)19(20)27)6-12-9-23-15-5-3-2-4-13(12)15/h2-5,8-9,16-17,23,26-27H,6-7,10H2,1H3,(H,24,28)/t16-,17-/m0/s1. The summed E-state index contributed by atoms with van der Waals surface area (Å²) in [6, 6.07) is 7.94. The number of amides is 2. The van der Waals surface area contributed by atoms with Crippen LogP contribution in [-0.4, -0.2) is 51.1 Å². The van der Waals surface area contributed by atoms with Crippen molar-refractivity contribution >= 4 is 22.7 Å². The fourth-order valence-electron chi connectivity index (χ4n) is 4.54. The summed E-state index contributed by atoms with van der Waals surface area (Å²) in [5.74, 6) is -0.849. The summed E-state index contributed by atoms with van der Waals surface area (Å²) in [6.07, 6.45) is 2.45. The molecule has 0 bridgehead atoms. The van der Waals surface area contributed by atoms with E-state index in [-0.39, 0.29) is 42.0 Å². The second-order valence-corrected chi connectivity index (χ2v) is 7.73. The molecule has 8 heteroatoms. The first kappa shape index (κ1) is 18.4. The number of rotatable bonds is 3. The van der Waals surface area contributed by atoms with Crippen molar-refractivity contribution in [2.75, 3.05) is 7.11 Å². The van der Waals surface area contributed by atoms with Gasteiger partial charge >= 0.3 is 0 Å². The van der Waals surface area contributed by atoms with Gasteiger partial charge in [-0.2, -0.15) is 0 Å². The van der Waals surface area contributed by atoms with Gasteiger partial charge in [0, 0.05) is 35.5 Å². The molecule has 2 atom stereocenters. The molecule has 2 aromatic carbocycles. The summed E-state index contributed by atoms with van der Waals surface area (Å²) in [5.41, 5.74) is 3.05. The summed E-state index contributed by atoms with van der Waals surface area (Å²) in [4.78, 5) is 30.8. The molecule has 2 aliphatic heterocycles. The number of phenols is 2. The number of carbonyl (C=O) groups excluding carboxylic acids is 2. The predicted octanol–water partition coefficient (Wildman–Crippen LogP) is 1.58. The lowest BCUT2D eigenvalue weighted by Gasteiger charge is -2.42. The second kappa shape index (κ2) is 6.69. The maximum Gasteiger partial charge on any atom is 0.246 e. The molecular weight excluding hydrogens is 386 g/mol. The van der Waals surface area contributed by atoms with E-state index in [2.05, 4.69) is 10.3 Å². The number of fused-ring (bicyclic) bond motifs is 3. The number of nitrogens with one attached hydrogen (secondary N) is 2. The normalized spacial score (nSPS) is 20.6. The maximum absolute atomic E-state index is 13.2. The average Bonchev–Trinajstić information content (AvgIpc) is 3.14. The first-order valence-electron chi connectivity index (χ1n) is 9.74. The van der Waals surface area contributed by atoms with Crippen LogP contribution in [0.15, 0.2) is 36.5 Å². The van der Waals surface area contributed by atoms with E-state index in [0.717, 1.165) is 16.5 Å². The number of nitrogens with zero attached hydrogens (tertiary/aromatic N) is 1. The molecule has 0 radical (unpaired) electrons. The minimum Gasteiger partial charge on any atom is -0.504 e. The number of aromatic amines is 1. The lowest BCUT2D eigenvalue weighted by atomic mass is 9.89. The molecule has 8 nitrogen and oxygen atoms in total. The number of phenolic OH excluding ortho intramolecular Hbond substituents is 2. The number of carbonyl (C=O) groups is 2. The molecule has 0 saturated carbocycles. The van der Waals surface area contributed by atoms with Crippen molar-refractivity contribution in [1.82, 2.24) is 15.2 Å². The Balaban J connectivity index is 1.46. The number of methoxy groups -OCH3 is 1. The highest BCUT2D eigenvalue weighted by molar-refractivity contribution is 5.98. The average molecular weight is 407 g/mol. The smallest absolute Gasteiger partial charge is 0.246 e. The zero-order chi connectivity index (χ0) is 21.0. The Bertz CT molecular complexity index is 1180. The number of aromatic hydroxyl groups is 2. The minimum absolute atomic E-state index is 0.0311. The number of benzene rings is 2. The highest BCUT2D eigenvalue weighted by atomic mass is 16.5. The van der Waals surface area contributed by atoms with Gasteiger partial charge in [-0.3, -0.25) is 9.59 Å². The molecule has 0 spiro atoms. The van der Waals surface area contributed by atoms with Crippen molar-refractivity contribution in [3.8, 4) is 17.2 Å². The summed E-state index contributed by atoms with van der Waals surface area (Å²) < 4.78 is 5.07. The summed E-state index contributed by atoms with van der Waals surface area (Å²) in [7, 11) is 1.35. The predicted molar refractivity (Wildman–Crippen MR) is 108 cm³/mol. The number of aromatic nitrogens is 1. The van der Waals surface area contributed by atoms with E-state index < -0.39 is 12.1 Å². The lowest BCUT2D eigenvalue weighted by molar-refractivity contribution is -0.150. The third-order valence-corrected chi connectivity index (χ3v) is 6.05. The Hall–Kier alpha value is -3.68. The fraction of sp³-hybridized carbons (Fsp3) is 0.273. The Morgan fingerprint density at radius 3 is 2.83 bits per heavy atom. The van der Waals surface area contributed by atoms with Crippen LogP contribution in [0.4, 0.5) is 0 Å². The van der Waals surface area contributed by atoms with Gasteiger partial charge in [0.25, 0.3) is 0 Å². The lowest BCUT2D eigenvalue weighted by Crippen LogP contribution is -2.65. The fourth-order valence-corrected chi connectivity index (χ4v) is 4.54. The highest BCUT2D eigenvalue weighted by Gasteiger charge is 2.44. The number of hydrogen-bond acceptors (Lipinski definition) is 5. The van der Waals surface area contributed by atoms with Gasteiger partial charge in [0.15, 0.2) is 11.5 Å². The van der Waals surface area contributed by atoms with Gasteiger partial charge in [0.1, 0.15) is 12.1 Å². The van der Waals surface area contributed by atoms with E-state index >= 15 is 0 Å². The van der Waals surface area contributed by atoms with E-state index in [1.165, 1.54) is 18.1 Å². The van der Waals surface area contributed by atoms with Gasteiger partial charge in [-0.1, -0.05) is 18.2 Å². The van der Waals surface area contributed by atoms with Gasteiger partial charge in [-0.15, -0.1) is 0 Å². The molecule has 30 heavy (non-hydrogen) atoms. The number of ether oxygens (including phenoxy) is 1. The third-order valence-electron chi connectivity index (χ3n) is 6.05. The zero-order valence-electron chi connectivity index (χ0n) is 16.3. The molecular formula is C22H21N3O5. The van der Waals surface area contributed by atoms with Gasteiger partial charge < -0.3 is 30.2 Å². The van der Waals surface area contributed by atoms with Crippen LogP contribution in [0, 0.1) is 0 Å². The van der Waals surface area contributed by atoms with E-state index in [4.69, 9.17) is 4.74 Å². The quantitative estimate of drug-likeness (QED) is 0.526. The molecule has 1 aromatic heterocycles. The van der Waals surface area contributed by atoms with Crippen LogP contribution < -0.4 is 10.1 Å². The van der Waals surface area contributed by atoms with Crippen LogP contribution in [0.5, 0.6) is 17.2 Å². The van der Waals surface area contributed by atoms with Crippen molar-refractivity contribution < 1.29 is 24.5 Å². The molecule has 3 aromatic rings. The van der Waals surface area contributed by atoms with Crippen molar-refractivity contribution in [3.63, 3.8) is 0 Å². The second-order valence-electron chi connectivity index (χ2n) is 7.73.